The van der Waals surface area contributed by atoms with Gasteiger partial charge in [0.05, 0.1) is 0 Å². The lowest BCUT2D eigenvalue weighted by molar-refractivity contribution is -0.132. The Hall–Kier alpha value is -1.59. The first kappa shape index (κ1) is 20.4. The second-order valence-corrected chi connectivity index (χ2v) is 4.63. The Labute approximate surface area is 137 Å². The number of ether oxygens (including phenoxy) is 1. The first-order chi connectivity index (χ1) is 10.0. The van der Waals surface area contributed by atoms with E-state index in [1.807, 2.05) is 26.8 Å². The third kappa shape index (κ3) is 5.66. The monoisotopic (exact) mass is 329 g/mol. The van der Waals surface area contributed by atoms with E-state index in [-0.39, 0.29) is 18.0 Å². The van der Waals surface area contributed by atoms with Crippen molar-refractivity contribution < 1.29 is 19.2 Å². The van der Waals surface area contributed by atoms with E-state index in [1.54, 1.807) is 17.2 Å². The van der Waals surface area contributed by atoms with Crippen LogP contribution in [0, 0.1) is 0 Å². The van der Waals surface area contributed by atoms with Crippen molar-refractivity contribution in [2.75, 3.05) is 13.1 Å². The Bertz CT molecular complexity index is 501. The van der Waals surface area contributed by atoms with Gasteiger partial charge in [-0.1, -0.05) is 25.5 Å². The topological polar surface area (TPSA) is 55.8 Å². The van der Waals surface area contributed by atoms with Crippen molar-refractivity contribution in [2.45, 2.75) is 40.5 Å². The highest BCUT2D eigenvalue weighted by atomic mass is 35.5. The van der Waals surface area contributed by atoms with E-state index in [0.717, 1.165) is 18.4 Å². The first-order valence-electron chi connectivity index (χ1n) is 7.30. The van der Waals surface area contributed by atoms with Crippen LogP contribution in [0.1, 0.15) is 50.0 Å². The van der Waals surface area contributed by atoms with E-state index in [1.165, 1.54) is 6.92 Å². The lowest BCUT2D eigenvalue weighted by atomic mass is 10.0. The number of hydrogen-bond acceptors (Lipinski definition) is 5. The van der Waals surface area contributed by atoms with Crippen LogP contribution in [0.5, 0.6) is 5.75 Å². The van der Waals surface area contributed by atoms with E-state index in [9.17, 15) is 9.59 Å². The number of nitrogens with zero attached hydrogens (tertiary/aromatic N) is 1. The molecule has 0 unspecified atom stereocenters. The summed E-state index contributed by atoms with van der Waals surface area (Å²) in [6.45, 7) is 8.34. The molecule has 0 aliphatic carbocycles. The molecule has 0 spiro atoms. The average molecular weight is 330 g/mol. The van der Waals surface area contributed by atoms with Crippen molar-refractivity contribution in [1.82, 2.24) is 5.06 Å². The molecule has 0 heterocycles. The van der Waals surface area contributed by atoms with E-state index in [0.29, 0.717) is 18.8 Å². The quantitative estimate of drug-likeness (QED) is 0.436. The summed E-state index contributed by atoms with van der Waals surface area (Å²) in [5.41, 5.74) is 1.12. The van der Waals surface area contributed by atoms with Crippen LogP contribution < -0.4 is 4.74 Å². The third-order valence-electron chi connectivity index (χ3n) is 3.00. The van der Waals surface area contributed by atoms with Crippen LogP contribution in [0.4, 0.5) is 0 Å². The predicted molar refractivity (Wildman–Crippen MR) is 87.3 cm³/mol. The molecule has 0 N–H and O–H groups in total. The summed E-state index contributed by atoms with van der Waals surface area (Å²) < 4.78 is 5.24. The Balaban J connectivity index is 0.00000441. The maximum atomic E-state index is 12.3. The van der Waals surface area contributed by atoms with E-state index in [2.05, 4.69) is 0 Å². The molecule has 0 atom stereocenters. The number of rotatable bonds is 7. The molecule has 0 fully saturated rings. The molecule has 0 bridgehead atoms. The Kier molecular flexibility index (Phi) is 9.45. The van der Waals surface area contributed by atoms with Gasteiger partial charge in [0.2, 0.25) is 0 Å². The van der Waals surface area contributed by atoms with Gasteiger partial charge in [0.25, 0.3) is 0 Å². The van der Waals surface area contributed by atoms with Gasteiger partial charge in [-0.05, 0) is 31.9 Å². The molecule has 1 aromatic rings. The molecule has 1 rings (SSSR count). The molecule has 0 aromatic heterocycles. The molecule has 0 amide bonds. The summed E-state index contributed by atoms with van der Waals surface area (Å²) in [6.07, 6.45) is 1.62. The second kappa shape index (κ2) is 10.2. The predicted octanol–water partition coefficient (Wildman–Crippen LogP) is 3.40. The van der Waals surface area contributed by atoms with Crippen molar-refractivity contribution in [3.63, 3.8) is 0 Å². The Morgan fingerprint density at radius 3 is 2.27 bits per heavy atom. The minimum absolute atomic E-state index is 0. The van der Waals surface area contributed by atoms with E-state index >= 15 is 0 Å². The molecule has 0 saturated heterocycles. The standard InChI is InChI=1S/C16H23NO4.ClH/c1-5-9-13-10-8-11-14(15(13)20-12(4)18)16(19)21-17(6-2)7-3;/h8,10-11H,5-7,9H2,1-4H3;1H. The van der Waals surface area contributed by atoms with Crippen LogP contribution >= 0.6 is 12.4 Å². The molecule has 124 valence electrons. The Morgan fingerprint density at radius 2 is 1.77 bits per heavy atom. The van der Waals surface area contributed by atoms with Gasteiger partial charge >= 0.3 is 11.9 Å². The molecule has 0 saturated carbocycles. The zero-order valence-electron chi connectivity index (χ0n) is 13.5. The van der Waals surface area contributed by atoms with Crippen molar-refractivity contribution in [1.29, 1.82) is 0 Å². The number of hydroxylamine groups is 2. The molecular formula is C16H24ClNO4. The van der Waals surface area contributed by atoms with Crippen molar-refractivity contribution in [3.05, 3.63) is 29.3 Å². The van der Waals surface area contributed by atoms with Crippen LogP contribution in [-0.2, 0) is 16.1 Å². The molecule has 0 aliphatic heterocycles. The van der Waals surface area contributed by atoms with Crippen LogP contribution in [0.2, 0.25) is 0 Å². The summed E-state index contributed by atoms with van der Waals surface area (Å²) in [7, 11) is 0. The number of hydrogen-bond donors (Lipinski definition) is 0. The van der Waals surface area contributed by atoms with Crippen LogP contribution in [0.25, 0.3) is 0 Å². The fraction of sp³-hybridized carbons (Fsp3) is 0.500. The average Bonchev–Trinajstić information content (AvgIpc) is 2.46. The molecular weight excluding hydrogens is 306 g/mol. The number of aryl methyl sites for hydroxylation is 1. The smallest absolute Gasteiger partial charge is 0.360 e. The van der Waals surface area contributed by atoms with Crippen molar-refractivity contribution in [2.24, 2.45) is 0 Å². The maximum absolute atomic E-state index is 12.3. The molecule has 0 radical (unpaired) electrons. The summed E-state index contributed by atoms with van der Waals surface area (Å²) in [6, 6.07) is 5.25. The summed E-state index contributed by atoms with van der Waals surface area (Å²) in [5.74, 6) is -0.646. The second-order valence-electron chi connectivity index (χ2n) is 4.63. The van der Waals surface area contributed by atoms with Gasteiger partial charge in [0.1, 0.15) is 11.3 Å². The zero-order valence-corrected chi connectivity index (χ0v) is 14.4. The number of carbonyl (C=O) groups excluding carboxylic acids is 2. The Morgan fingerprint density at radius 1 is 1.14 bits per heavy atom. The number of esters is 1. The molecule has 6 heteroatoms. The maximum Gasteiger partial charge on any atom is 0.360 e. The molecule has 1 aromatic carbocycles. The third-order valence-corrected chi connectivity index (χ3v) is 3.00. The minimum Gasteiger partial charge on any atom is -0.426 e. The van der Waals surface area contributed by atoms with E-state index < -0.39 is 11.9 Å². The molecule has 5 nitrogen and oxygen atoms in total. The van der Waals surface area contributed by atoms with Gasteiger partial charge in [-0.15, -0.1) is 17.5 Å². The lowest BCUT2D eigenvalue weighted by Gasteiger charge is -2.19. The van der Waals surface area contributed by atoms with Gasteiger partial charge in [-0.3, -0.25) is 4.79 Å². The SMILES string of the molecule is CCCc1cccc(C(=O)ON(CC)CC)c1OC(C)=O.Cl. The van der Waals surface area contributed by atoms with Crippen LogP contribution in [-0.4, -0.2) is 30.1 Å². The summed E-state index contributed by atoms with van der Waals surface area (Å²) >= 11 is 0. The van der Waals surface area contributed by atoms with Crippen LogP contribution in [0.15, 0.2) is 18.2 Å². The number of benzene rings is 1. The normalized spacial score (nSPS) is 10.0. The number of carbonyl (C=O) groups is 2. The van der Waals surface area contributed by atoms with Crippen molar-refractivity contribution in [3.8, 4) is 5.75 Å². The molecule has 22 heavy (non-hydrogen) atoms. The van der Waals surface area contributed by atoms with Gasteiger partial charge in [0.15, 0.2) is 0 Å². The first-order valence-corrected chi connectivity index (χ1v) is 7.30. The van der Waals surface area contributed by atoms with E-state index in [4.69, 9.17) is 9.57 Å². The van der Waals surface area contributed by atoms with Crippen molar-refractivity contribution >= 4 is 24.3 Å². The highest BCUT2D eigenvalue weighted by molar-refractivity contribution is 5.93. The van der Waals surface area contributed by atoms with Gasteiger partial charge < -0.3 is 9.57 Å². The highest BCUT2D eigenvalue weighted by Gasteiger charge is 2.20. The van der Waals surface area contributed by atoms with Crippen LogP contribution in [0.3, 0.4) is 0 Å². The largest absolute Gasteiger partial charge is 0.426 e. The highest BCUT2D eigenvalue weighted by Crippen LogP contribution is 2.26. The van der Waals surface area contributed by atoms with Gasteiger partial charge in [-0.25, -0.2) is 4.79 Å². The number of halogens is 1. The fourth-order valence-electron chi connectivity index (χ4n) is 2.00. The summed E-state index contributed by atoms with van der Waals surface area (Å²) in [4.78, 5) is 28.9. The van der Waals surface area contributed by atoms with Gasteiger partial charge in [-0.2, -0.15) is 0 Å². The zero-order chi connectivity index (χ0) is 15.8. The molecule has 0 aliphatic rings. The lowest BCUT2D eigenvalue weighted by Crippen LogP contribution is -2.27. The number of para-hydroxylation sites is 1. The minimum atomic E-state index is -0.507. The van der Waals surface area contributed by atoms with Gasteiger partial charge in [0, 0.05) is 20.0 Å². The summed E-state index contributed by atoms with van der Waals surface area (Å²) in [5, 5.41) is 1.55. The fourth-order valence-corrected chi connectivity index (χ4v) is 2.00.